The van der Waals surface area contributed by atoms with Gasteiger partial charge in [0.1, 0.15) is 0 Å². The summed E-state index contributed by atoms with van der Waals surface area (Å²) in [6.45, 7) is 7.92. The molecule has 128 valence electrons. The molecular formula is C18H26Cl2N2O. The van der Waals surface area contributed by atoms with E-state index in [1.54, 1.807) is 6.07 Å². The zero-order valence-electron chi connectivity index (χ0n) is 13.9. The molecule has 3 nitrogen and oxygen atoms in total. The Labute approximate surface area is 149 Å². The van der Waals surface area contributed by atoms with Crippen LogP contribution in [-0.4, -0.2) is 37.0 Å². The molecule has 1 amide bonds. The van der Waals surface area contributed by atoms with Crippen molar-refractivity contribution in [3.05, 3.63) is 33.8 Å². The second-order valence-corrected chi connectivity index (χ2v) is 7.26. The van der Waals surface area contributed by atoms with E-state index in [0.29, 0.717) is 22.4 Å². The lowest BCUT2D eigenvalue weighted by molar-refractivity contribution is -0.136. The number of carbonyl (C=O) groups excluding carboxylic acids is 1. The molecule has 0 spiro atoms. The van der Waals surface area contributed by atoms with E-state index in [2.05, 4.69) is 12.2 Å². The number of benzene rings is 1. The van der Waals surface area contributed by atoms with Gasteiger partial charge < -0.3 is 10.2 Å². The SMILES string of the molecule is CCNCC1CCN(C(=O)C(C)Cc2ccc(Cl)cc2Cl)CC1. The molecule has 1 aliphatic heterocycles. The summed E-state index contributed by atoms with van der Waals surface area (Å²) < 4.78 is 0. The van der Waals surface area contributed by atoms with E-state index >= 15 is 0 Å². The van der Waals surface area contributed by atoms with E-state index in [-0.39, 0.29) is 11.8 Å². The van der Waals surface area contributed by atoms with E-state index in [1.165, 1.54) is 0 Å². The fraction of sp³-hybridized carbons (Fsp3) is 0.611. The second kappa shape index (κ2) is 8.91. The minimum atomic E-state index is -0.0565. The number of rotatable bonds is 6. The van der Waals surface area contributed by atoms with E-state index in [0.717, 1.165) is 44.6 Å². The lowest BCUT2D eigenvalue weighted by Crippen LogP contribution is -2.43. The lowest BCUT2D eigenvalue weighted by Gasteiger charge is -2.33. The average molecular weight is 357 g/mol. The molecule has 1 saturated heterocycles. The maximum absolute atomic E-state index is 12.6. The fourth-order valence-corrected chi connectivity index (χ4v) is 3.61. The van der Waals surface area contributed by atoms with Crippen molar-refractivity contribution in [3.8, 4) is 0 Å². The van der Waals surface area contributed by atoms with Gasteiger partial charge in [-0.3, -0.25) is 4.79 Å². The second-order valence-electron chi connectivity index (χ2n) is 6.42. The van der Waals surface area contributed by atoms with Crippen LogP contribution in [0.15, 0.2) is 18.2 Å². The normalized spacial score (nSPS) is 17.3. The van der Waals surface area contributed by atoms with Crippen LogP contribution in [0.3, 0.4) is 0 Å². The van der Waals surface area contributed by atoms with Gasteiger partial charge in [0, 0.05) is 29.1 Å². The monoisotopic (exact) mass is 356 g/mol. The van der Waals surface area contributed by atoms with Crippen LogP contribution in [0.25, 0.3) is 0 Å². The van der Waals surface area contributed by atoms with Gasteiger partial charge in [0.15, 0.2) is 0 Å². The first kappa shape index (κ1) is 18.6. The molecule has 5 heteroatoms. The van der Waals surface area contributed by atoms with Crippen molar-refractivity contribution in [2.75, 3.05) is 26.2 Å². The Morgan fingerprint density at radius 1 is 1.35 bits per heavy atom. The van der Waals surface area contributed by atoms with Crippen LogP contribution in [0.5, 0.6) is 0 Å². The summed E-state index contributed by atoms with van der Waals surface area (Å²) in [6.07, 6.45) is 2.84. The zero-order chi connectivity index (χ0) is 16.8. The molecule has 23 heavy (non-hydrogen) atoms. The smallest absolute Gasteiger partial charge is 0.225 e. The summed E-state index contributed by atoms with van der Waals surface area (Å²) in [4.78, 5) is 14.7. The van der Waals surface area contributed by atoms with Crippen LogP contribution in [0.4, 0.5) is 0 Å². The molecule has 1 aliphatic rings. The van der Waals surface area contributed by atoms with E-state index in [4.69, 9.17) is 23.2 Å². The molecule has 0 saturated carbocycles. The van der Waals surface area contributed by atoms with Crippen LogP contribution in [-0.2, 0) is 11.2 Å². The number of nitrogens with one attached hydrogen (secondary N) is 1. The summed E-state index contributed by atoms with van der Waals surface area (Å²) >= 11 is 12.1. The van der Waals surface area contributed by atoms with Crippen LogP contribution in [0, 0.1) is 11.8 Å². The van der Waals surface area contributed by atoms with Crippen LogP contribution in [0.1, 0.15) is 32.3 Å². The van der Waals surface area contributed by atoms with Crippen LogP contribution in [0.2, 0.25) is 10.0 Å². The van der Waals surface area contributed by atoms with Crippen molar-refractivity contribution in [3.63, 3.8) is 0 Å². The standard InChI is InChI=1S/C18H26Cl2N2O/c1-3-21-12-14-6-8-22(9-7-14)18(23)13(2)10-15-4-5-16(19)11-17(15)20/h4-5,11,13-14,21H,3,6-10,12H2,1-2H3. The molecule has 2 rings (SSSR count). The summed E-state index contributed by atoms with van der Waals surface area (Å²) in [7, 11) is 0. The quantitative estimate of drug-likeness (QED) is 0.834. The molecule has 1 aromatic rings. The largest absolute Gasteiger partial charge is 0.342 e. The number of halogens is 2. The van der Waals surface area contributed by atoms with Crippen molar-refractivity contribution < 1.29 is 4.79 Å². The molecule has 1 N–H and O–H groups in total. The summed E-state index contributed by atoms with van der Waals surface area (Å²) in [5.41, 5.74) is 0.985. The molecule has 1 fully saturated rings. The molecular weight excluding hydrogens is 331 g/mol. The number of likely N-dealkylation sites (tertiary alicyclic amines) is 1. The highest BCUT2D eigenvalue weighted by Crippen LogP contribution is 2.25. The molecule has 1 atom stereocenters. The van der Waals surface area contributed by atoms with Crippen molar-refractivity contribution in [2.24, 2.45) is 11.8 Å². The van der Waals surface area contributed by atoms with Gasteiger partial charge in [-0.2, -0.15) is 0 Å². The third-order valence-corrected chi connectivity index (χ3v) is 5.16. The third-order valence-electron chi connectivity index (χ3n) is 4.57. The minimum Gasteiger partial charge on any atom is -0.342 e. The van der Waals surface area contributed by atoms with Gasteiger partial charge in [-0.15, -0.1) is 0 Å². The number of nitrogens with zero attached hydrogens (tertiary/aromatic N) is 1. The Balaban J connectivity index is 1.85. The Hall–Kier alpha value is -0.770. The first-order valence-electron chi connectivity index (χ1n) is 8.44. The van der Waals surface area contributed by atoms with Gasteiger partial charge in [-0.25, -0.2) is 0 Å². The Kier molecular flexibility index (Phi) is 7.19. The Bertz CT molecular complexity index is 528. The number of amides is 1. The number of hydrogen-bond donors (Lipinski definition) is 1. The first-order chi connectivity index (χ1) is 11.0. The fourth-order valence-electron chi connectivity index (χ4n) is 3.12. The van der Waals surface area contributed by atoms with E-state index in [1.807, 2.05) is 24.0 Å². The lowest BCUT2D eigenvalue weighted by atomic mass is 9.94. The van der Waals surface area contributed by atoms with Gasteiger partial charge in [0.05, 0.1) is 0 Å². The summed E-state index contributed by atoms with van der Waals surface area (Å²) in [6, 6.07) is 5.48. The highest BCUT2D eigenvalue weighted by atomic mass is 35.5. The third kappa shape index (κ3) is 5.37. The van der Waals surface area contributed by atoms with E-state index < -0.39 is 0 Å². The van der Waals surface area contributed by atoms with E-state index in [9.17, 15) is 4.79 Å². The maximum Gasteiger partial charge on any atom is 0.225 e. The van der Waals surface area contributed by atoms with Crippen LogP contribution < -0.4 is 5.32 Å². The molecule has 0 aromatic heterocycles. The Morgan fingerprint density at radius 3 is 2.65 bits per heavy atom. The molecule has 0 bridgehead atoms. The van der Waals surface area contributed by atoms with Gasteiger partial charge >= 0.3 is 0 Å². The Morgan fingerprint density at radius 2 is 2.04 bits per heavy atom. The molecule has 0 radical (unpaired) electrons. The molecule has 1 unspecified atom stereocenters. The van der Waals surface area contributed by atoms with Gasteiger partial charge in [-0.1, -0.05) is 43.1 Å². The number of hydrogen-bond acceptors (Lipinski definition) is 2. The zero-order valence-corrected chi connectivity index (χ0v) is 15.5. The maximum atomic E-state index is 12.6. The predicted octanol–water partition coefficient (Wildman–Crippen LogP) is 4.02. The predicted molar refractivity (Wildman–Crippen MR) is 97.2 cm³/mol. The van der Waals surface area contributed by atoms with Crippen molar-refractivity contribution in [1.82, 2.24) is 10.2 Å². The van der Waals surface area contributed by atoms with Crippen molar-refractivity contribution in [1.29, 1.82) is 0 Å². The summed E-state index contributed by atoms with van der Waals surface area (Å²) in [5, 5.41) is 4.67. The molecule has 1 heterocycles. The average Bonchev–Trinajstić information content (AvgIpc) is 2.55. The number of carbonyl (C=O) groups is 1. The van der Waals surface area contributed by atoms with Crippen LogP contribution >= 0.6 is 23.2 Å². The van der Waals surface area contributed by atoms with Crippen molar-refractivity contribution >= 4 is 29.1 Å². The highest BCUT2D eigenvalue weighted by molar-refractivity contribution is 6.35. The van der Waals surface area contributed by atoms with Gasteiger partial charge in [0.25, 0.3) is 0 Å². The van der Waals surface area contributed by atoms with Gasteiger partial charge in [-0.05, 0) is 56.0 Å². The number of piperidine rings is 1. The molecule has 0 aliphatic carbocycles. The molecule has 1 aromatic carbocycles. The topological polar surface area (TPSA) is 32.3 Å². The first-order valence-corrected chi connectivity index (χ1v) is 9.20. The minimum absolute atomic E-state index is 0.0565. The van der Waals surface area contributed by atoms with Crippen molar-refractivity contribution in [2.45, 2.75) is 33.1 Å². The summed E-state index contributed by atoms with van der Waals surface area (Å²) in [5.74, 6) is 0.872. The highest BCUT2D eigenvalue weighted by Gasteiger charge is 2.26. The van der Waals surface area contributed by atoms with Gasteiger partial charge in [0.2, 0.25) is 5.91 Å².